The zero-order chi connectivity index (χ0) is 29.1. The van der Waals surface area contributed by atoms with Gasteiger partial charge in [-0.05, 0) is 18.4 Å². The van der Waals surface area contributed by atoms with Crippen molar-refractivity contribution in [2.75, 3.05) is 7.11 Å². The summed E-state index contributed by atoms with van der Waals surface area (Å²) in [6.07, 6.45) is -3.82. The molecular weight excluding hydrogens is 552 g/mol. The lowest BCUT2D eigenvalue weighted by Crippen LogP contribution is -2.12. The van der Waals surface area contributed by atoms with E-state index in [0.717, 1.165) is 19.0 Å². The standard InChI is InChI=1S/C27H21F6N7O/c1-40-11-17(26(28,29)30)37-24(40)15-5-3-13(4-6-15)9-16-10-34-21-20(16)38-23(39-22(21)27(31,32)33)18-19(14-7-8-14)35-12-36-25(18)41-2/h3-6,10-12,14,34H,7-9H2,1-2H3. The van der Waals surface area contributed by atoms with Crippen molar-refractivity contribution in [1.82, 2.24) is 34.5 Å². The Hall–Kier alpha value is -4.49. The molecule has 14 heteroatoms. The van der Waals surface area contributed by atoms with Crippen LogP contribution in [0, 0.1) is 0 Å². The highest BCUT2D eigenvalue weighted by molar-refractivity contribution is 5.84. The number of fused-ring (bicyclic) bond motifs is 1. The number of nitrogens with zero attached hydrogens (tertiary/aromatic N) is 6. The van der Waals surface area contributed by atoms with E-state index in [1.54, 1.807) is 24.3 Å². The van der Waals surface area contributed by atoms with Gasteiger partial charge in [0.05, 0.1) is 23.8 Å². The number of methoxy groups -OCH3 is 1. The molecule has 4 heterocycles. The van der Waals surface area contributed by atoms with Gasteiger partial charge < -0.3 is 14.3 Å². The van der Waals surface area contributed by atoms with E-state index in [4.69, 9.17) is 4.74 Å². The van der Waals surface area contributed by atoms with E-state index in [-0.39, 0.29) is 46.5 Å². The minimum atomic E-state index is -4.78. The predicted octanol–water partition coefficient (Wildman–Crippen LogP) is 6.33. The minimum Gasteiger partial charge on any atom is -0.480 e. The number of aromatic amines is 1. The normalized spacial score (nSPS) is 14.1. The van der Waals surface area contributed by atoms with Crippen LogP contribution < -0.4 is 4.74 Å². The monoisotopic (exact) mass is 573 g/mol. The zero-order valence-corrected chi connectivity index (χ0v) is 21.6. The average molecular weight is 574 g/mol. The summed E-state index contributed by atoms with van der Waals surface area (Å²) in [5.74, 6) is 0.0972. The highest BCUT2D eigenvalue weighted by Gasteiger charge is 2.39. The number of aryl methyl sites for hydroxylation is 1. The van der Waals surface area contributed by atoms with Crippen molar-refractivity contribution in [3.63, 3.8) is 0 Å². The number of ether oxygens (including phenoxy) is 1. The summed E-state index contributed by atoms with van der Waals surface area (Å²) in [6.45, 7) is 0. The first-order valence-corrected chi connectivity index (χ1v) is 12.5. The number of halogens is 6. The van der Waals surface area contributed by atoms with Gasteiger partial charge in [0.25, 0.3) is 0 Å². The summed E-state index contributed by atoms with van der Waals surface area (Å²) >= 11 is 0. The van der Waals surface area contributed by atoms with Gasteiger partial charge >= 0.3 is 12.4 Å². The van der Waals surface area contributed by atoms with Crippen molar-refractivity contribution >= 4 is 11.0 Å². The summed E-state index contributed by atoms with van der Waals surface area (Å²) in [7, 11) is 2.83. The Bertz CT molecular complexity index is 1750. The number of imidazole rings is 1. The fraction of sp³-hybridized carbons (Fsp3) is 0.296. The largest absolute Gasteiger partial charge is 0.480 e. The third-order valence-corrected chi connectivity index (χ3v) is 6.87. The molecule has 0 bridgehead atoms. The third kappa shape index (κ3) is 4.98. The van der Waals surface area contributed by atoms with Crippen LogP contribution in [-0.2, 0) is 25.8 Å². The van der Waals surface area contributed by atoms with Crippen molar-refractivity contribution in [3.05, 3.63) is 71.2 Å². The van der Waals surface area contributed by atoms with Crippen LogP contribution in [0.15, 0.2) is 43.0 Å². The van der Waals surface area contributed by atoms with Gasteiger partial charge in [0.2, 0.25) is 5.88 Å². The molecule has 1 N–H and O–H groups in total. The van der Waals surface area contributed by atoms with Gasteiger partial charge in [-0.25, -0.2) is 24.9 Å². The number of benzene rings is 1. The second kappa shape index (κ2) is 9.56. The Balaban J connectivity index is 1.40. The molecule has 8 nitrogen and oxygen atoms in total. The fourth-order valence-electron chi connectivity index (χ4n) is 4.79. The molecule has 5 aromatic rings. The van der Waals surface area contributed by atoms with Crippen LogP contribution in [0.4, 0.5) is 26.3 Å². The number of hydrogen-bond acceptors (Lipinski definition) is 6. The summed E-state index contributed by atoms with van der Waals surface area (Å²) in [4.78, 5) is 23.2. The number of aromatic nitrogens is 7. The van der Waals surface area contributed by atoms with Gasteiger partial charge in [-0.3, -0.25) is 0 Å². The Kier molecular flexibility index (Phi) is 6.23. The van der Waals surface area contributed by atoms with Crippen molar-refractivity contribution in [1.29, 1.82) is 0 Å². The van der Waals surface area contributed by atoms with Crippen LogP contribution in [0.2, 0.25) is 0 Å². The second-order valence-corrected chi connectivity index (χ2v) is 9.78. The average Bonchev–Trinajstić information content (AvgIpc) is 3.59. The maximum absolute atomic E-state index is 14.2. The first-order chi connectivity index (χ1) is 19.4. The lowest BCUT2D eigenvalue weighted by atomic mass is 10.0. The molecule has 0 unspecified atom stereocenters. The maximum atomic E-state index is 14.2. The Labute approximate surface area is 228 Å². The van der Waals surface area contributed by atoms with Crippen LogP contribution >= 0.6 is 0 Å². The van der Waals surface area contributed by atoms with Gasteiger partial charge in [-0.2, -0.15) is 26.3 Å². The van der Waals surface area contributed by atoms with E-state index >= 15 is 0 Å². The Morgan fingerprint density at radius 2 is 1.71 bits per heavy atom. The lowest BCUT2D eigenvalue weighted by molar-refractivity contribution is -0.141. The van der Waals surface area contributed by atoms with E-state index < -0.39 is 23.7 Å². The van der Waals surface area contributed by atoms with Crippen LogP contribution in [0.25, 0.3) is 33.8 Å². The molecule has 0 spiro atoms. The SMILES string of the molecule is COc1ncnc(C2CC2)c1-c1nc(C(F)(F)F)c2[nH]cc(Cc3ccc(-c4nc(C(F)(F)F)cn4C)cc3)c2n1. The summed E-state index contributed by atoms with van der Waals surface area (Å²) in [5, 5.41) is 0. The zero-order valence-electron chi connectivity index (χ0n) is 21.6. The van der Waals surface area contributed by atoms with Crippen LogP contribution in [-0.4, -0.2) is 41.6 Å². The number of rotatable bonds is 6. The molecule has 0 radical (unpaired) electrons. The van der Waals surface area contributed by atoms with Crippen molar-refractivity contribution < 1.29 is 31.1 Å². The summed E-state index contributed by atoms with van der Waals surface area (Å²) in [5.41, 5.74) is 0.103. The molecule has 1 saturated carbocycles. The second-order valence-electron chi connectivity index (χ2n) is 9.78. The summed E-state index contributed by atoms with van der Waals surface area (Å²) < 4.78 is 88.4. The quantitative estimate of drug-likeness (QED) is 0.239. The molecule has 212 valence electrons. The molecule has 0 aliphatic heterocycles. The van der Waals surface area contributed by atoms with Crippen LogP contribution in [0.1, 0.15) is 47.0 Å². The predicted molar refractivity (Wildman–Crippen MR) is 135 cm³/mol. The molecule has 0 atom stereocenters. The van der Waals surface area contributed by atoms with Gasteiger partial charge in [0.15, 0.2) is 17.2 Å². The molecule has 1 aliphatic carbocycles. The Morgan fingerprint density at radius 1 is 0.976 bits per heavy atom. The van der Waals surface area contributed by atoms with Crippen LogP contribution in [0.5, 0.6) is 5.88 Å². The van der Waals surface area contributed by atoms with Gasteiger partial charge in [0.1, 0.15) is 17.7 Å². The molecule has 0 saturated heterocycles. The van der Waals surface area contributed by atoms with Gasteiger partial charge in [-0.15, -0.1) is 0 Å². The van der Waals surface area contributed by atoms with Gasteiger partial charge in [0, 0.05) is 42.9 Å². The minimum absolute atomic E-state index is 0.0608. The lowest BCUT2D eigenvalue weighted by Gasteiger charge is -2.13. The third-order valence-electron chi connectivity index (χ3n) is 6.87. The Morgan fingerprint density at radius 3 is 2.32 bits per heavy atom. The smallest absolute Gasteiger partial charge is 0.435 e. The summed E-state index contributed by atoms with van der Waals surface area (Å²) in [6, 6.07) is 6.59. The maximum Gasteiger partial charge on any atom is 0.435 e. The molecule has 0 amide bonds. The topological polar surface area (TPSA) is 94.4 Å². The van der Waals surface area contributed by atoms with E-state index in [1.165, 1.54) is 31.2 Å². The molecular formula is C27H21F6N7O. The molecule has 1 fully saturated rings. The fourth-order valence-corrected chi connectivity index (χ4v) is 4.79. The number of alkyl halides is 6. The highest BCUT2D eigenvalue weighted by atomic mass is 19.4. The molecule has 1 aliphatic rings. The molecule has 1 aromatic carbocycles. The number of hydrogen-bond donors (Lipinski definition) is 1. The van der Waals surface area contributed by atoms with Crippen molar-refractivity contribution in [2.24, 2.45) is 7.05 Å². The number of H-pyrrole nitrogens is 1. The van der Waals surface area contributed by atoms with Crippen LogP contribution in [0.3, 0.4) is 0 Å². The van der Waals surface area contributed by atoms with E-state index in [9.17, 15) is 26.3 Å². The highest BCUT2D eigenvalue weighted by Crippen LogP contribution is 2.46. The van der Waals surface area contributed by atoms with E-state index in [0.29, 0.717) is 22.4 Å². The molecule has 4 aromatic heterocycles. The first-order valence-electron chi connectivity index (χ1n) is 12.5. The van der Waals surface area contributed by atoms with Gasteiger partial charge in [-0.1, -0.05) is 24.3 Å². The van der Waals surface area contributed by atoms with E-state index in [2.05, 4.69) is 29.9 Å². The van der Waals surface area contributed by atoms with E-state index in [1.807, 2.05) is 0 Å². The van der Waals surface area contributed by atoms with Crippen molar-refractivity contribution in [2.45, 2.75) is 37.5 Å². The first kappa shape index (κ1) is 26.7. The molecule has 41 heavy (non-hydrogen) atoms. The number of nitrogens with one attached hydrogen (secondary N) is 1. The van der Waals surface area contributed by atoms with Crippen molar-refractivity contribution in [3.8, 4) is 28.7 Å². The molecule has 6 rings (SSSR count).